The van der Waals surface area contributed by atoms with E-state index in [2.05, 4.69) is 50.2 Å². The highest BCUT2D eigenvalue weighted by Gasteiger charge is 2.33. The number of thiazole rings is 1. The van der Waals surface area contributed by atoms with Gasteiger partial charge in [0.1, 0.15) is 5.75 Å². The first-order chi connectivity index (χ1) is 15.3. The maximum atomic E-state index is 13.5. The average Bonchev–Trinajstić information content (AvgIpc) is 3.06. The Kier molecular flexibility index (Phi) is 6.86. The Morgan fingerprint density at radius 3 is 2.53 bits per heavy atom. The van der Waals surface area contributed by atoms with Gasteiger partial charge in [0.15, 0.2) is 4.80 Å². The average molecular weight is 672 g/mol. The van der Waals surface area contributed by atoms with Gasteiger partial charge >= 0.3 is 5.97 Å². The molecule has 164 valence electrons. The number of hydrogen-bond donors (Lipinski definition) is 1. The molecule has 3 aromatic rings. The van der Waals surface area contributed by atoms with E-state index in [0.29, 0.717) is 27.7 Å². The standard InChI is InChI=1S/C23H18I2N2O4S/c1-3-31-22(30)18-12(2)26-23-27(19(18)14-7-5-4-6-8-14)21(29)17(32-23)11-13-9-15(24)20(28)16(25)10-13/h4-11,19,28H,3H2,1-2H3/b17-11+/t19-/m1/s1. The van der Waals surface area contributed by atoms with Crippen molar-refractivity contribution in [2.24, 2.45) is 4.99 Å². The smallest absolute Gasteiger partial charge is 0.338 e. The number of nitrogens with zero attached hydrogens (tertiary/aromatic N) is 2. The van der Waals surface area contributed by atoms with Crippen molar-refractivity contribution in [1.82, 2.24) is 4.57 Å². The second-order valence-electron chi connectivity index (χ2n) is 7.05. The Bertz CT molecular complexity index is 1400. The van der Waals surface area contributed by atoms with E-state index in [-0.39, 0.29) is 17.9 Å². The molecule has 2 heterocycles. The summed E-state index contributed by atoms with van der Waals surface area (Å²) in [6, 6.07) is 12.5. The molecule has 0 saturated heterocycles. The molecule has 0 saturated carbocycles. The molecule has 2 aromatic carbocycles. The molecule has 1 aliphatic heterocycles. The topological polar surface area (TPSA) is 80.9 Å². The fourth-order valence-electron chi connectivity index (χ4n) is 3.56. The van der Waals surface area contributed by atoms with E-state index in [9.17, 15) is 14.7 Å². The number of ether oxygens (including phenoxy) is 1. The van der Waals surface area contributed by atoms with Crippen molar-refractivity contribution in [3.05, 3.63) is 91.7 Å². The summed E-state index contributed by atoms with van der Waals surface area (Å²) in [5, 5.41) is 10.0. The maximum Gasteiger partial charge on any atom is 0.338 e. The largest absolute Gasteiger partial charge is 0.506 e. The van der Waals surface area contributed by atoms with Gasteiger partial charge in [0.2, 0.25) is 0 Å². The molecule has 0 fully saturated rings. The van der Waals surface area contributed by atoms with Gasteiger partial charge in [-0.3, -0.25) is 9.36 Å². The lowest BCUT2D eigenvalue weighted by Crippen LogP contribution is -2.39. The fourth-order valence-corrected chi connectivity index (χ4v) is 6.42. The van der Waals surface area contributed by atoms with Crippen LogP contribution in [0.15, 0.2) is 63.5 Å². The van der Waals surface area contributed by atoms with Crippen LogP contribution in [-0.2, 0) is 9.53 Å². The van der Waals surface area contributed by atoms with Crippen LogP contribution in [0.25, 0.3) is 6.08 Å². The number of carbonyl (C=O) groups excluding carboxylic acids is 1. The van der Waals surface area contributed by atoms with Gasteiger partial charge in [-0.2, -0.15) is 0 Å². The molecule has 1 aliphatic rings. The summed E-state index contributed by atoms with van der Waals surface area (Å²) in [5.74, 6) is -0.247. The number of allylic oxidation sites excluding steroid dienone is 1. The second-order valence-corrected chi connectivity index (χ2v) is 10.4. The molecule has 32 heavy (non-hydrogen) atoms. The minimum Gasteiger partial charge on any atom is -0.506 e. The van der Waals surface area contributed by atoms with E-state index in [1.165, 1.54) is 11.3 Å². The fraction of sp³-hybridized carbons (Fsp3) is 0.174. The monoisotopic (exact) mass is 672 g/mol. The molecule has 0 amide bonds. The number of aromatic nitrogens is 1. The van der Waals surface area contributed by atoms with Crippen molar-refractivity contribution >= 4 is 68.6 Å². The molecule has 0 bridgehead atoms. The second kappa shape index (κ2) is 9.48. The molecular weight excluding hydrogens is 654 g/mol. The van der Waals surface area contributed by atoms with Crippen LogP contribution in [0.1, 0.15) is 31.0 Å². The SMILES string of the molecule is CCOC(=O)C1=C(C)N=c2s/c(=C/c3cc(I)c(O)c(I)c3)c(=O)n2[C@@H]1c1ccccc1. The number of rotatable bonds is 4. The summed E-state index contributed by atoms with van der Waals surface area (Å²) in [7, 11) is 0. The van der Waals surface area contributed by atoms with Crippen LogP contribution in [0, 0.1) is 7.14 Å². The predicted molar refractivity (Wildman–Crippen MR) is 140 cm³/mol. The summed E-state index contributed by atoms with van der Waals surface area (Å²) < 4.78 is 8.78. The number of fused-ring (bicyclic) bond motifs is 1. The van der Waals surface area contributed by atoms with Crippen LogP contribution < -0.4 is 14.9 Å². The number of phenolic OH excluding ortho intramolecular Hbond substituents is 1. The van der Waals surface area contributed by atoms with Crippen LogP contribution in [0.2, 0.25) is 0 Å². The van der Waals surface area contributed by atoms with Crippen LogP contribution in [-0.4, -0.2) is 22.2 Å². The molecule has 0 unspecified atom stereocenters. The molecular formula is C23H18I2N2O4S. The minimum atomic E-state index is -0.617. The van der Waals surface area contributed by atoms with Crippen molar-refractivity contribution in [3.8, 4) is 5.75 Å². The Morgan fingerprint density at radius 1 is 1.25 bits per heavy atom. The quantitative estimate of drug-likeness (QED) is 0.339. The molecule has 0 aliphatic carbocycles. The van der Waals surface area contributed by atoms with E-state index in [4.69, 9.17) is 4.74 Å². The number of esters is 1. The van der Waals surface area contributed by atoms with E-state index >= 15 is 0 Å². The van der Waals surface area contributed by atoms with Crippen LogP contribution in [0.5, 0.6) is 5.75 Å². The van der Waals surface area contributed by atoms with Crippen molar-refractivity contribution in [2.75, 3.05) is 6.61 Å². The summed E-state index contributed by atoms with van der Waals surface area (Å²) >= 11 is 5.40. The Labute approximate surface area is 215 Å². The Balaban J connectivity index is 1.96. The van der Waals surface area contributed by atoms with Gasteiger partial charge in [-0.25, -0.2) is 9.79 Å². The lowest BCUT2D eigenvalue weighted by Gasteiger charge is -2.24. The minimum absolute atomic E-state index is 0.226. The third-order valence-corrected chi connectivity index (χ3v) is 7.60. The third-order valence-electron chi connectivity index (χ3n) is 4.97. The lowest BCUT2D eigenvalue weighted by atomic mass is 9.96. The molecule has 9 heteroatoms. The van der Waals surface area contributed by atoms with Gasteiger partial charge < -0.3 is 9.84 Å². The first-order valence-corrected chi connectivity index (χ1v) is 12.7. The summed E-state index contributed by atoms with van der Waals surface area (Å²) in [5.41, 5.74) is 2.30. The first-order valence-electron chi connectivity index (χ1n) is 9.74. The van der Waals surface area contributed by atoms with E-state index in [1.807, 2.05) is 42.5 Å². The highest BCUT2D eigenvalue weighted by atomic mass is 127. The zero-order chi connectivity index (χ0) is 23.0. The Morgan fingerprint density at radius 2 is 1.91 bits per heavy atom. The van der Waals surface area contributed by atoms with Crippen molar-refractivity contribution in [2.45, 2.75) is 19.9 Å². The normalized spacial score (nSPS) is 16.0. The van der Waals surface area contributed by atoms with E-state index < -0.39 is 12.0 Å². The summed E-state index contributed by atoms with van der Waals surface area (Å²) in [6.45, 7) is 3.75. The molecule has 1 aromatic heterocycles. The number of carbonyl (C=O) groups is 1. The number of benzene rings is 2. The highest BCUT2D eigenvalue weighted by Crippen LogP contribution is 2.31. The molecule has 1 atom stereocenters. The van der Waals surface area contributed by atoms with Crippen LogP contribution in [0.4, 0.5) is 0 Å². The molecule has 4 rings (SSSR count). The van der Waals surface area contributed by atoms with Gasteiger partial charge in [0.25, 0.3) is 5.56 Å². The van der Waals surface area contributed by atoms with Crippen molar-refractivity contribution in [1.29, 1.82) is 0 Å². The first kappa shape index (κ1) is 23.2. The summed E-state index contributed by atoms with van der Waals surface area (Å²) in [6.07, 6.45) is 1.79. The number of halogens is 2. The predicted octanol–water partition coefficient (Wildman–Crippen LogP) is 3.71. The van der Waals surface area contributed by atoms with E-state index in [0.717, 1.165) is 11.1 Å². The summed E-state index contributed by atoms with van der Waals surface area (Å²) in [4.78, 5) is 31.5. The maximum absolute atomic E-state index is 13.5. The van der Waals surface area contributed by atoms with Crippen molar-refractivity contribution < 1.29 is 14.6 Å². The highest BCUT2D eigenvalue weighted by molar-refractivity contribution is 14.1. The zero-order valence-corrected chi connectivity index (χ0v) is 22.3. The molecule has 0 spiro atoms. The third kappa shape index (κ3) is 4.29. The van der Waals surface area contributed by atoms with Crippen LogP contribution >= 0.6 is 56.5 Å². The number of hydrogen-bond acceptors (Lipinski definition) is 6. The number of aromatic hydroxyl groups is 1. The Hall–Kier alpha value is -1.99. The van der Waals surface area contributed by atoms with Gasteiger partial charge in [0, 0.05) is 0 Å². The number of phenols is 1. The lowest BCUT2D eigenvalue weighted by molar-refractivity contribution is -0.139. The van der Waals surface area contributed by atoms with Gasteiger partial charge in [-0.1, -0.05) is 41.7 Å². The van der Waals surface area contributed by atoms with Gasteiger partial charge in [-0.05, 0) is 88.4 Å². The van der Waals surface area contributed by atoms with Gasteiger partial charge in [0.05, 0.1) is 35.6 Å². The molecule has 6 nitrogen and oxygen atoms in total. The van der Waals surface area contributed by atoms with Crippen molar-refractivity contribution in [3.63, 3.8) is 0 Å². The van der Waals surface area contributed by atoms with E-state index in [1.54, 1.807) is 24.5 Å². The van der Waals surface area contributed by atoms with Gasteiger partial charge in [-0.15, -0.1) is 0 Å². The molecule has 1 N–H and O–H groups in total. The molecule has 0 radical (unpaired) electrons. The van der Waals surface area contributed by atoms with Crippen LogP contribution in [0.3, 0.4) is 0 Å². The zero-order valence-electron chi connectivity index (χ0n) is 17.1.